The molecule has 1 N–H and O–H groups in total. The van der Waals surface area contributed by atoms with Crippen molar-refractivity contribution in [3.05, 3.63) is 28.8 Å². The normalized spacial score (nSPS) is 23.2. The Bertz CT molecular complexity index is 478. The molecule has 2 rings (SSSR count). The molecule has 3 heteroatoms. The Morgan fingerprint density at radius 3 is 2.47 bits per heavy atom. The number of anilines is 1. The summed E-state index contributed by atoms with van der Waals surface area (Å²) >= 11 is 0. The van der Waals surface area contributed by atoms with E-state index < -0.39 is 0 Å². The minimum atomic E-state index is 0.272. The second-order valence-electron chi connectivity index (χ2n) is 5.68. The van der Waals surface area contributed by atoms with Gasteiger partial charge in [0.1, 0.15) is 0 Å². The average molecular weight is 257 g/mol. The van der Waals surface area contributed by atoms with Gasteiger partial charge < -0.3 is 10.2 Å². The molecule has 0 aromatic heterocycles. The maximum atomic E-state index is 9.05. The van der Waals surface area contributed by atoms with Crippen LogP contribution in [0.1, 0.15) is 30.0 Å². The number of aryl methyl sites for hydroxylation is 3. The van der Waals surface area contributed by atoms with E-state index in [0.717, 1.165) is 13.1 Å². The van der Waals surface area contributed by atoms with Gasteiger partial charge in [-0.15, -0.1) is 0 Å². The van der Waals surface area contributed by atoms with Crippen molar-refractivity contribution in [2.24, 2.45) is 0 Å². The molecule has 2 atom stereocenters. The SMILES string of the molecule is Cc1cc(C)c(N2C(C)CNCC2CC#N)c(C)c1. The molecule has 1 saturated heterocycles. The zero-order chi connectivity index (χ0) is 14.0. The highest BCUT2D eigenvalue weighted by Gasteiger charge is 2.29. The fraction of sp³-hybridized carbons (Fsp3) is 0.562. The lowest BCUT2D eigenvalue weighted by Gasteiger charge is -2.43. The predicted molar refractivity (Wildman–Crippen MR) is 79.5 cm³/mol. The van der Waals surface area contributed by atoms with Crippen molar-refractivity contribution in [1.29, 1.82) is 5.26 Å². The molecule has 19 heavy (non-hydrogen) atoms. The fourth-order valence-electron chi connectivity index (χ4n) is 3.27. The van der Waals surface area contributed by atoms with Crippen LogP contribution in [-0.2, 0) is 0 Å². The standard InChI is InChI=1S/C16H23N3/c1-11-7-12(2)16(13(3)8-11)19-14(4)9-18-10-15(19)5-6-17/h7-8,14-15,18H,5,9-10H2,1-4H3. The summed E-state index contributed by atoms with van der Waals surface area (Å²) in [6, 6.07) is 7.50. The Morgan fingerprint density at radius 2 is 1.89 bits per heavy atom. The van der Waals surface area contributed by atoms with Crippen LogP contribution in [0, 0.1) is 32.1 Å². The number of benzene rings is 1. The maximum Gasteiger partial charge on any atom is 0.0643 e. The van der Waals surface area contributed by atoms with Gasteiger partial charge in [0.2, 0.25) is 0 Å². The van der Waals surface area contributed by atoms with Gasteiger partial charge in [-0.2, -0.15) is 5.26 Å². The van der Waals surface area contributed by atoms with Crippen molar-refractivity contribution in [2.45, 2.75) is 46.2 Å². The summed E-state index contributed by atoms with van der Waals surface area (Å²) in [4.78, 5) is 2.45. The van der Waals surface area contributed by atoms with Crippen LogP contribution in [0.4, 0.5) is 5.69 Å². The molecule has 0 aliphatic carbocycles. The van der Waals surface area contributed by atoms with Crippen LogP contribution in [0.15, 0.2) is 12.1 Å². The first kappa shape index (κ1) is 13.9. The van der Waals surface area contributed by atoms with E-state index in [1.807, 2.05) is 0 Å². The summed E-state index contributed by atoms with van der Waals surface area (Å²) in [5.74, 6) is 0. The Morgan fingerprint density at radius 1 is 1.26 bits per heavy atom. The highest BCUT2D eigenvalue weighted by Crippen LogP contribution is 2.31. The average Bonchev–Trinajstić information content (AvgIpc) is 2.31. The lowest BCUT2D eigenvalue weighted by atomic mass is 9.98. The van der Waals surface area contributed by atoms with Gasteiger partial charge in [-0.3, -0.25) is 0 Å². The smallest absolute Gasteiger partial charge is 0.0643 e. The van der Waals surface area contributed by atoms with Crippen molar-refractivity contribution >= 4 is 5.69 Å². The first-order valence-electron chi connectivity index (χ1n) is 6.98. The molecular formula is C16H23N3. The molecule has 102 valence electrons. The van der Waals surface area contributed by atoms with Gasteiger partial charge in [0, 0.05) is 24.8 Å². The molecule has 0 bridgehead atoms. The van der Waals surface area contributed by atoms with Crippen LogP contribution in [0.3, 0.4) is 0 Å². The third-order valence-electron chi connectivity index (χ3n) is 3.91. The molecule has 1 aromatic rings. The van der Waals surface area contributed by atoms with E-state index in [4.69, 9.17) is 5.26 Å². The van der Waals surface area contributed by atoms with Crippen molar-refractivity contribution < 1.29 is 0 Å². The van der Waals surface area contributed by atoms with Crippen LogP contribution < -0.4 is 10.2 Å². The van der Waals surface area contributed by atoms with Gasteiger partial charge in [-0.25, -0.2) is 0 Å². The molecule has 3 nitrogen and oxygen atoms in total. The van der Waals surface area contributed by atoms with Gasteiger partial charge >= 0.3 is 0 Å². The molecule has 1 heterocycles. The van der Waals surface area contributed by atoms with Crippen LogP contribution in [0.2, 0.25) is 0 Å². The van der Waals surface area contributed by atoms with Gasteiger partial charge in [0.25, 0.3) is 0 Å². The Balaban J connectivity index is 2.44. The largest absolute Gasteiger partial charge is 0.362 e. The topological polar surface area (TPSA) is 39.1 Å². The number of hydrogen-bond donors (Lipinski definition) is 1. The number of piperazine rings is 1. The van der Waals surface area contributed by atoms with E-state index in [-0.39, 0.29) is 6.04 Å². The Kier molecular flexibility index (Phi) is 4.11. The van der Waals surface area contributed by atoms with Crippen LogP contribution in [0.5, 0.6) is 0 Å². The minimum Gasteiger partial charge on any atom is -0.362 e. The lowest BCUT2D eigenvalue weighted by Crippen LogP contribution is -2.56. The van der Waals surface area contributed by atoms with Crippen LogP contribution >= 0.6 is 0 Å². The fourth-order valence-corrected chi connectivity index (χ4v) is 3.27. The van der Waals surface area contributed by atoms with Crippen molar-refractivity contribution in [3.63, 3.8) is 0 Å². The van der Waals surface area contributed by atoms with Gasteiger partial charge in [0.05, 0.1) is 18.5 Å². The highest BCUT2D eigenvalue weighted by molar-refractivity contribution is 5.62. The number of nitrogens with one attached hydrogen (secondary N) is 1. The van der Waals surface area contributed by atoms with E-state index in [0.29, 0.717) is 12.5 Å². The zero-order valence-corrected chi connectivity index (χ0v) is 12.3. The van der Waals surface area contributed by atoms with Gasteiger partial charge in [-0.1, -0.05) is 17.7 Å². The second-order valence-corrected chi connectivity index (χ2v) is 5.68. The summed E-state index contributed by atoms with van der Waals surface area (Å²) < 4.78 is 0. The molecule has 1 aromatic carbocycles. The third-order valence-corrected chi connectivity index (χ3v) is 3.91. The number of rotatable bonds is 2. The van der Waals surface area contributed by atoms with Crippen LogP contribution in [-0.4, -0.2) is 25.2 Å². The number of nitriles is 1. The lowest BCUT2D eigenvalue weighted by molar-refractivity contribution is 0.416. The van der Waals surface area contributed by atoms with E-state index in [1.54, 1.807) is 0 Å². The van der Waals surface area contributed by atoms with E-state index in [9.17, 15) is 0 Å². The van der Waals surface area contributed by atoms with Gasteiger partial charge in [0.15, 0.2) is 0 Å². The number of nitrogens with zero attached hydrogens (tertiary/aromatic N) is 2. The maximum absolute atomic E-state index is 9.05. The molecule has 1 aliphatic heterocycles. The van der Waals surface area contributed by atoms with Crippen molar-refractivity contribution in [3.8, 4) is 6.07 Å². The summed E-state index contributed by atoms with van der Waals surface area (Å²) in [5.41, 5.74) is 5.25. The summed E-state index contributed by atoms with van der Waals surface area (Å²) in [6.07, 6.45) is 0.574. The zero-order valence-electron chi connectivity index (χ0n) is 12.3. The monoisotopic (exact) mass is 257 g/mol. The first-order chi connectivity index (χ1) is 9.04. The summed E-state index contributed by atoms with van der Waals surface area (Å²) in [5, 5.41) is 12.5. The number of hydrogen-bond acceptors (Lipinski definition) is 3. The molecule has 1 aliphatic rings. The molecule has 0 radical (unpaired) electrons. The molecular weight excluding hydrogens is 234 g/mol. The first-order valence-corrected chi connectivity index (χ1v) is 6.98. The molecule has 0 spiro atoms. The van der Waals surface area contributed by atoms with E-state index in [1.165, 1.54) is 22.4 Å². The quantitative estimate of drug-likeness (QED) is 0.885. The summed E-state index contributed by atoms with van der Waals surface area (Å²) in [6.45, 7) is 10.6. The molecule has 2 unspecified atom stereocenters. The van der Waals surface area contributed by atoms with Gasteiger partial charge in [-0.05, 0) is 38.8 Å². The Hall–Kier alpha value is -1.53. The van der Waals surface area contributed by atoms with E-state index >= 15 is 0 Å². The Labute approximate surface area is 116 Å². The predicted octanol–water partition coefficient (Wildman–Crippen LogP) is 2.69. The minimum absolute atomic E-state index is 0.272. The second kappa shape index (κ2) is 5.63. The summed E-state index contributed by atoms with van der Waals surface area (Å²) in [7, 11) is 0. The molecule has 0 saturated carbocycles. The third kappa shape index (κ3) is 2.74. The molecule has 0 amide bonds. The van der Waals surface area contributed by atoms with E-state index in [2.05, 4.69) is 56.1 Å². The van der Waals surface area contributed by atoms with Crippen molar-refractivity contribution in [2.75, 3.05) is 18.0 Å². The van der Waals surface area contributed by atoms with Crippen molar-refractivity contribution in [1.82, 2.24) is 5.32 Å². The van der Waals surface area contributed by atoms with Crippen LogP contribution in [0.25, 0.3) is 0 Å². The highest BCUT2D eigenvalue weighted by atomic mass is 15.3. The molecule has 1 fully saturated rings.